The Morgan fingerprint density at radius 1 is 1.10 bits per heavy atom. The minimum atomic E-state index is -0.203. The van der Waals surface area contributed by atoms with Gasteiger partial charge in [0.05, 0.1) is 26.0 Å². The number of pyridine rings is 1. The van der Waals surface area contributed by atoms with E-state index in [2.05, 4.69) is 16.5 Å². The molecular formula is C16H21N3O2. The molecule has 1 atom stereocenters. The first-order chi connectivity index (χ1) is 10.1. The topological polar surface area (TPSA) is 69.4 Å². The number of nitrogens with one attached hydrogen (secondary N) is 1. The number of nitrogens with zero attached hydrogens (tertiary/aromatic N) is 1. The fourth-order valence-electron chi connectivity index (χ4n) is 2.39. The molecule has 5 heteroatoms. The van der Waals surface area contributed by atoms with E-state index in [4.69, 9.17) is 15.3 Å². The van der Waals surface area contributed by atoms with Crippen LogP contribution in [0, 0.1) is 13.8 Å². The van der Waals surface area contributed by atoms with Crippen molar-refractivity contribution < 1.29 is 9.47 Å². The molecule has 0 aliphatic rings. The average molecular weight is 287 g/mol. The molecule has 0 saturated carbocycles. The van der Waals surface area contributed by atoms with Crippen molar-refractivity contribution in [3.8, 4) is 11.5 Å². The Hall–Kier alpha value is -2.11. The number of hydrogen-bond donors (Lipinski definition) is 2. The third kappa shape index (κ3) is 3.15. The van der Waals surface area contributed by atoms with E-state index in [9.17, 15) is 0 Å². The van der Waals surface area contributed by atoms with Crippen molar-refractivity contribution in [3.05, 3.63) is 52.8 Å². The van der Waals surface area contributed by atoms with Crippen LogP contribution < -0.4 is 20.7 Å². The standard InChI is InChI=1S/C16H21N3O2/c1-10-7-11(2)15(18-9-10)16(19-17)12-5-6-13(20-3)14(8-12)21-4/h5-9,16,19H,17H2,1-4H3. The van der Waals surface area contributed by atoms with Crippen molar-refractivity contribution in [2.75, 3.05) is 14.2 Å². The number of hydrogen-bond acceptors (Lipinski definition) is 5. The molecule has 1 heterocycles. The molecule has 0 radical (unpaired) electrons. The van der Waals surface area contributed by atoms with Gasteiger partial charge in [0.1, 0.15) is 0 Å². The first-order valence-corrected chi connectivity index (χ1v) is 6.72. The van der Waals surface area contributed by atoms with Crippen LogP contribution in [0.25, 0.3) is 0 Å². The number of benzene rings is 1. The molecule has 2 rings (SSSR count). The van der Waals surface area contributed by atoms with Crippen LogP contribution in [0.3, 0.4) is 0 Å². The second-order valence-corrected chi connectivity index (χ2v) is 4.93. The van der Waals surface area contributed by atoms with Gasteiger partial charge in [0, 0.05) is 6.20 Å². The number of ether oxygens (including phenoxy) is 2. The zero-order chi connectivity index (χ0) is 15.4. The number of aryl methyl sites for hydroxylation is 2. The fraction of sp³-hybridized carbons (Fsp3) is 0.312. The third-order valence-electron chi connectivity index (χ3n) is 3.44. The summed E-state index contributed by atoms with van der Waals surface area (Å²) in [6.45, 7) is 4.05. The molecule has 0 aliphatic carbocycles. The number of hydrazine groups is 1. The number of nitrogens with two attached hydrogens (primary N) is 1. The summed E-state index contributed by atoms with van der Waals surface area (Å²) in [5, 5.41) is 0. The monoisotopic (exact) mass is 287 g/mol. The van der Waals surface area contributed by atoms with Gasteiger partial charge in [-0.2, -0.15) is 0 Å². The Labute approximate surface area is 125 Å². The minimum absolute atomic E-state index is 0.203. The van der Waals surface area contributed by atoms with Crippen LogP contribution in [0.5, 0.6) is 11.5 Å². The largest absolute Gasteiger partial charge is 0.493 e. The van der Waals surface area contributed by atoms with Gasteiger partial charge in [-0.3, -0.25) is 10.8 Å². The van der Waals surface area contributed by atoms with Crippen molar-refractivity contribution in [2.45, 2.75) is 19.9 Å². The van der Waals surface area contributed by atoms with Gasteiger partial charge in [-0.15, -0.1) is 0 Å². The lowest BCUT2D eigenvalue weighted by molar-refractivity contribution is 0.354. The molecule has 1 unspecified atom stereocenters. The van der Waals surface area contributed by atoms with E-state index < -0.39 is 0 Å². The molecule has 0 aliphatic heterocycles. The van der Waals surface area contributed by atoms with Crippen molar-refractivity contribution >= 4 is 0 Å². The molecule has 3 N–H and O–H groups in total. The van der Waals surface area contributed by atoms with Gasteiger partial charge in [-0.05, 0) is 42.7 Å². The summed E-state index contributed by atoms with van der Waals surface area (Å²) in [4.78, 5) is 4.51. The summed E-state index contributed by atoms with van der Waals surface area (Å²) in [5.41, 5.74) is 6.91. The highest BCUT2D eigenvalue weighted by atomic mass is 16.5. The molecule has 2 aromatic rings. The van der Waals surface area contributed by atoms with Gasteiger partial charge < -0.3 is 9.47 Å². The van der Waals surface area contributed by atoms with E-state index in [-0.39, 0.29) is 6.04 Å². The lowest BCUT2D eigenvalue weighted by atomic mass is 9.99. The van der Waals surface area contributed by atoms with Crippen LogP contribution in [-0.2, 0) is 0 Å². The maximum absolute atomic E-state index is 5.74. The molecule has 0 saturated heterocycles. The van der Waals surface area contributed by atoms with E-state index in [1.165, 1.54) is 0 Å². The van der Waals surface area contributed by atoms with Gasteiger partial charge in [-0.1, -0.05) is 12.1 Å². The highest BCUT2D eigenvalue weighted by Crippen LogP contribution is 2.32. The Morgan fingerprint density at radius 3 is 2.38 bits per heavy atom. The molecule has 0 fully saturated rings. The maximum Gasteiger partial charge on any atom is 0.161 e. The lowest BCUT2D eigenvalue weighted by Gasteiger charge is -2.19. The summed E-state index contributed by atoms with van der Waals surface area (Å²) in [5.74, 6) is 7.10. The molecule has 1 aromatic heterocycles. The summed E-state index contributed by atoms with van der Waals surface area (Å²) >= 11 is 0. The Kier molecular flexibility index (Phi) is 4.77. The molecule has 0 spiro atoms. The quantitative estimate of drug-likeness (QED) is 0.652. The molecule has 1 aromatic carbocycles. The molecule has 112 valence electrons. The first-order valence-electron chi connectivity index (χ1n) is 6.72. The Morgan fingerprint density at radius 2 is 1.81 bits per heavy atom. The van der Waals surface area contributed by atoms with Crippen molar-refractivity contribution in [3.63, 3.8) is 0 Å². The summed E-state index contributed by atoms with van der Waals surface area (Å²) in [6.07, 6.45) is 1.84. The predicted molar refractivity (Wildman–Crippen MR) is 82.4 cm³/mol. The Bertz CT molecular complexity index is 629. The van der Waals surface area contributed by atoms with Crippen LogP contribution in [0.2, 0.25) is 0 Å². The van der Waals surface area contributed by atoms with Gasteiger partial charge in [-0.25, -0.2) is 5.43 Å². The van der Waals surface area contributed by atoms with Crippen LogP contribution in [0.4, 0.5) is 0 Å². The lowest BCUT2D eigenvalue weighted by Crippen LogP contribution is -2.30. The smallest absolute Gasteiger partial charge is 0.161 e. The van der Waals surface area contributed by atoms with Gasteiger partial charge in [0.15, 0.2) is 11.5 Å². The van der Waals surface area contributed by atoms with E-state index >= 15 is 0 Å². The average Bonchev–Trinajstić information content (AvgIpc) is 2.49. The van der Waals surface area contributed by atoms with Crippen LogP contribution in [0.1, 0.15) is 28.4 Å². The normalized spacial score (nSPS) is 12.0. The first kappa shape index (κ1) is 15.3. The fourth-order valence-corrected chi connectivity index (χ4v) is 2.39. The zero-order valence-corrected chi connectivity index (χ0v) is 12.8. The minimum Gasteiger partial charge on any atom is -0.493 e. The highest BCUT2D eigenvalue weighted by Gasteiger charge is 2.18. The highest BCUT2D eigenvalue weighted by molar-refractivity contribution is 5.46. The van der Waals surface area contributed by atoms with Crippen molar-refractivity contribution in [2.24, 2.45) is 5.84 Å². The second kappa shape index (κ2) is 6.56. The van der Waals surface area contributed by atoms with Crippen molar-refractivity contribution in [1.29, 1.82) is 0 Å². The van der Waals surface area contributed by atoms with E-state index in [0.717, 1.165) is 22.4 Å². The predicted octanol–water partition coefficient (Wildman–Crippen LogP) is 2.27. The van der Waals surface area contributed by atoms with Crippen molar-refractivity contribution in [1.82, 2.24) is 10.4 Å². The van der Waals surface area contributed by atoms with E-state index in [1.54, 1.807) is 14.2 Å². The van der Waals surface area contributed by atoms with Gasteiger partial charge in [0.25, 0.3) is 0 Å². The van der Waals surface area contributed by atoms with Gasteiger partial charge in [0.2, 0.25) is 0 Å². The number of methoxy groups -OCH3 is 2. The molecule has 5 nitrogen and oxygen atoms in total. The summed E-state index contributed by atoms with van der Waals surface area (Å²) < 4.78 is 10.6. The van der Waals surface area contributed by atoms with Crippen LogP contribution in [0.15, 0.2) is 30.5 Å². The van der Waals surface area contributed by atoms with E-state index in [1.807, 2.05) is 38.2 Å². The van der Waals surface area contributed by atoms with Crippen LogP contribution in [-0.4, -0.2) is 19.2 Å². The molecule has 21 heavy (non-hydrogen) atoms. The zero-order valence-electron chi connectivity index (χ0n) is 12.8. The molecule has 0 bridgehead atoms. The van der Waals surface area contributed by atoms with Crippen LogP contribution >= 0.6 is 0 Å². The molecule has 0 amide bonds. The Balaban J connectivity index is 2.46. The third-order valence-corrected chi connectivity index (χ3v) is 3.44. The second-order valence-electron chi connectivity index (χ2n) is 4.93. The summed E-state index contributed by atoms with van der Waals surface area (Å²) in [7, 11) is 3.23. The number of aromatic nitrogens is 1. The van der Waals surface area contributed by atoms with E-state index in [0.29, 0.717) is 11.5 Å². The molecular weight excluding hydrogens is 266 g/mol. The SMILES string of the molecule is COc1ccc(C(NN)c2ncc(C)cc2C)cc1OC. The number of rotatable bonds is 5. The van der Waals surface area contributed by atoms with Gasteiger partial charge >= 0.3 is 0 Å². The maximum atomic E-state index is 5.74. The summed E-state index contributed by atoms with van der Waals surface area (Å²) in [6, 6.07) is 7.61.